The molecule has 6 heteroatoms. The summed E-state index contributed by atoms with van der Waals surface area (Å²) in [5, 5.41) is 11.7. The lowest BCUT2D eigenvalue weighted by molar-refractivity contribution is 0.0696. The first-order valence-corrected chi connectivity index (χ1v) is 7.91. The molecule has 0 saturated carbocycles. The summed E-state index contributed by atoms with van der Waals surface area (Å²) in [5.41, 5.74) is 2.06. The van der Waals surface area contributed by atoms with E-state index in [9.17, 15) is 9.59 Å². The number of pyridine rings is 1. The second-order valence-electron chi connectivity index (χ2n) is 5.92. The zero-order valence-electron chi connectivity index (χ0n) is 13.5. The summed E-state index contributed by atoms with van der Waals surface area (Å²) in [6, 6.07) is 9.79. The number of hydrogen-bond donors (Lipinski definition) is 2. The summed E-state index contributed by atoms with van der Waals surface area (Å²) in [6.45, 7) is 3.88. The van der Waals surface area contributed by atoms with Crippen molar-refractivity contribution in [2.45, 2.75) is 19.8 Å². The van der Waals surface area contributed by atoms with E-state index in [2.05, 4.69) is 15.2 Å². The van der Waals surface area contributed by atoms with E-state index < -0.39 is 5.97 Å². The zero-order valence-corrected chi connectivity index (χ0v) is 13.5. The highest BCUT2D eigenvalue weighted by atomic mass is 16.4. The summed E-state index contributed by atoms with van der Waals surface area (Å²) in [5.74, 6) is -0.468. The molecular formula is C18H19N3O3. The third kappa shape index (κ3) is 3.53. The van der Waals surface area contributed by atoms with Crippen molar-refractivity contribution in [3.05, 3.63) is 53.2 Å². The number of rotatable bonds is 4. The van der Waals surface area contributed by atoms with Gasteiger partial charge >= 0.3 is 5.97 Å². The van der Waals surface area contributed by atoms with Crippen LogP contribution in [-0.2, 0) is 0 Å². The van der Waals surface area contributed by atoms with E-state index in [1.807, 2.05) is 13.0 Å². The summed E-state index contributed by atoms with van der Waals surface area (Å²) in [4.78, 5) is 30.0. The van der Waals surface area contributed by atoms with Crippen molar-refractivity contribution in [2.75, 3.05) is 23.3 Å². The van der Waals surface area contributed by atoms with Crippen LogP contribution in [0.2, 0.25) is 0 Å². The van der Waals surface area contributed by atoms with Crippen LogP contribution in [-0.4, -0.2) is 35.1 Å². The topological polar surface area (TPSA) is 82.5 Å². The third-order valence-electron chi connectivity index (χ3n) is 4.01. The van der Waals surface area contributed by atoms with Gasteiger partial charge in [-0.1, -0.05) is 0 Å². The van der Waals surface area contributed by atoms with Crippen LogP contribution >= 0.6 is 0 Å². The first-order chi connectivity index (χ1) is 11.5. The number of anilines is 2. The number of hydrogen-bond acceptors (Lipinski definition) is 4. The molecule has 0 spiro atoms. The lowest BCUT2D eigenvalue weighted by Gasteiger charge is -2.17. The lowest BCUT2D eigenvalue weighted by atomic mass is 10.2. The van der Waals surface area contributed by atoms with Gasteiger partial charge in [-0.3, -0.25) is 4.79 Å². The molecule has 2 N–H and O–H groups in total. The van der Waals surface area contributed by atoms with E-state index in [1.54, 1.807) is 18.2 Å². The Morgan fingerprint density at radius 3 is 2.42 bits per heavy atom. The molecule has 0 radical (unpaired) electrons. The molecule has 124 valence electrons. The summed E-state index contributed by atoms with van der Waals surface area (Å²) in [6.07, 6.45) is 2.29. The monoisotopic (exact) mass is 325 g/mol. The highest BCUT2D eigenvalue weighted by Gasteiger charge is 2.17. The number of amides is 1. The van der Waals surface area contributed by atoms with Crippen LogP contribution in [0.25, 0.3) is 0 Å². The molecule has 0 bridgehead atoms. The normalized spacial score (nSPS) is 13.8. The number of carbonyl (C=O) groups is 2. The number of nitrogens with zero attached hydrogens (tertiary/aromatic N) is 2. The van der Waals surface area contributed by atoms with Crippen LogP contribution in [0.15, 0.2) is 36.4 Å². The van der Waals surface area contributed by atoms with Crippen molar-refractivity contribution in [3.8, 4) is 0 Å². The zero-order chi connectivity index (χ0) is 17.1. The Balaban J connectivity index is 1.78. The summed E-state index contributed by atoms with van der Waals surface area (Å²) < 4.78 is 0. The van der Waals surface area contributed by atoms with E-state index in [-0.39, 0.29) is 11.5 Å². The molecule has 1 aromatic heterocycles. The average molecular weight is 325 g/mol. The molecule has 1 amide bonds. The van der Waals surface area contributed by atoms with Gasteiger partial charge in [0.25, 0.3) is 5.91 Å². The van der Waals surface area contributed by atoms with Crippen LogP contribution in [0.3, 0.4) is 0 Å². The Morgan fingerprint density at radius 2 is 1.79 bits per heavy atom. The van der Waals surface area contributed by atoms with Crippen LogP contribution < -0.4 is 10.2 Å². The SMILES string of the molecule is Cc1cc(C(=O)Nc2ccc(C(=O)O)cc2)nc(N2CCCC2)c1. The highest BCUT2D eigenvalue weighted by Crippen LogP contribution is 2.20. The van der Waals surface area contributed by atoms with Gasteiger partial charge in [-0.15, -0.1) is 0 Å². The third-order valence-corrected chi connectivity index (χ3v) is 4.01. The van der Waals surface area contributed by atoms with E-state index in [0.29, 0.717) is 11.4 Å². The highest BCUT2D eigenvalue weighted by molar-refractivity contribution is 6.03. The molecule has 2 heterocycles. The minimum Gasteiger partial charge on any atom is -0.478 e. The molecule has 1 aliphatic rings. The Bertz CT molecular complexity index is 766. The van der Waals surface area contributed by atoms with Crippen molar-refractivity contribution in [3.63, 3.8) is 0 Å². The van der Waals surface area contributed by atoms with Crippen molar-refractivity contribution < 1.29 is 14.7 Å². The van der Waals surface area contributed by atoms with E-state index in [1.165, 1.54) is 12.1 Å². The number of carboxylic acid groups (broad SMARTS) is 1. The number of aryl methyl sites for hydroxylation is 1. The Kier molecular flexibility index (Phi) is 4.46. The number of carboxylic acids is 1. The minimum atomic E-state index is -0.997. The van der Waals surface area contributed by atoms with Crippen molar-refractivity contribution in [1.82, 2.24) is 4.98 Å². The Morgan fingerprint density at radius 1 is 1.12 bits per heavy atom. The van der Waals surface area contributed by atoms with Gasteiger partial charge in [-0.2, -0.15) is 0 Å². The second kappa shape index (κ2) is 6.70. The summed E-state index contributed by atoms with van der Waals surface area (Å²) >= 11 is 0. The van der Waals surface area contributed by atoms with Gasteiger partial charge in [0.2, 0.25) is 0 Å². The maximum atomic E-state index is 12.4. The minimum absolute atomic E-state index is 0.179. The standard InChI is InChI=1S/C18H19N3O3/c1-12-10-15(20-16(11-12)21-8-2-3-9-21)17(22)19-14-6-4-13(5-7-14)18(23)24/h4-7,10-11H,2-3,8-9H2,1H3,(H,19,22)(H,23,24). The predicted octanol–water partition coefficient (Wildman–Crippen LogP) is 2.94. The number of aromatic carboxylic acids is 1. The van der Waals surface area contributed by atoms with Crippen molar-refractivity contribution in [1.29, 1.82) is 0 Å². The number of carbonyl (C=O) groups excluding carboxylic acids is 1. The van der Waals surface area contributed by atoms with Gasteiger partial charge in [0.05, 0.1) is 5.56 Å². The fraction of sp³-hybridized carbons (Fsp3) is 0.278. The molecule has 0 atom stereocenters. The van der Waals surface area contributed by atoms with E-state index in [0.717, 1.165) is 37.3 Å². The fourth-order valence-corrected chi connectivity index (χ4v) is 2.76. The first kappa shape index (κ1) is 16.0. The molecule has 24 heavy (non-hydrogen) atoms. The Hall–Kier alpha value is -2.89. The van der Waals surface area contributed by atoms with Crippen LogP contribution in [0.4, 0.5) is 11.5 Å². The van der Waals surface area contributed by atoms with Gasteiger partial charge in [-0.25, -0.2) is 9.78 Å². The van der Waals surface area contributed by atoms with E-state index in [4.69, 9.17) is 5.11 Å². The van der Waals surface area contributed by atoms with Crippen molar-refractivity contribution >= 4 is 23.4 Å². The smallest absolute Gasteiger partial charge is 0.335 e. The van der Waals surface area contributed by atoms with Crippen molar-refractivity contribution in [2.24, 2.45) is 0 Å². The predicted molar refractivity (Wildman–Crippen MR) is 91.8 cm³/mol. The summed E-state index contributed by atoms with van der Waals surface area (Å²) in [7, 11) is 0. The molecular weight excluding hydrogens is 306 g/mol. The number of benzene rings is 1. The van der Waals surface area contributed by atoms with E-state index >= 15 is 0 Å². The van der Waals surface area contributed by atoms with Gasteiger partial charge < -0.3 is 15.3 Å². The molecule has 0 unspecified atom stereocenters. The molecule has 2 aromatic rings. The lowest BCUT2D eigenvalue weighted by Crippen LogP contribution is -2.21. The fourth-order valence-electron chi connectivity index (χ4n) is 2.76. The molecule has 0 aliphatic carbocycles. The molecule has 1 fully saturated rings. The van der Waals surface area contributed by atoms with Gasteiger partial charge in [0.1, 0.15) is 11.5 Å². The number of nitrogens with one attached hydrogen (secondary N) is 1. The maximum absolute atomic E-state index is 12.4. The molecule has 1 aliphatic heterocycles. The number of aromatic nitrogens is 1. The molecule has 1 saturated heterocycles. The molecule has 3 rings (SSSR count). The maximum Gasteiger partial charge on any atom is 0.335 e. The Labute approximate surface area is 140 Å². The first-order valence-electron chi connectivity index (χ1n) is 7.91. The van der Waals surface area contributed by atoms with Crippen LogP contribution in [0.1, 0.15) is 39.3 Å². The second-order valence-corrected chi connectivity index (χ2v) is 5.92. The van der Waals surface area contributed by atoms with Gasteiger partial charge in [-0.05, 0) is 61.7 Å². The van der Waals surface area contributed by atoms with Crippen LogP contribution in [0.5, 0.6) is 0 Å². The quantitative estimate of drug-likeness (QED) is 0.903. The van der Waals surface area contributed by atoms with Crippen LogP contribution in [0, 0.1) is 6.92 Å². The van der Waals surface area contributed by atoms with Gasteiger partial charge in [0, 0.05) is 18.8 Å². The van der Waals surface area contributed by atoms with Gasteiger partial charge in [0.15, 0.2) is 0 Å². The molecule has 6 nitrogen and oxygen atoms in total. The average Bonchev–Trinajstić information content (AvgIpc) is 3.09. The molecule has 1 aromatic carbocycles. The largest absolute Gasteiger partial charge is 0.478 e.